The molecule has 1 rings (SSSR count). The van der Waals surface area contributed by atoms with Gasteiger partial charge >= 0.3 is 0 Å². The van der Waals surface area contributed by atoms with Crippen LogP contribution in [0.4, 0.5) is 0 Å². The normalized spacial score (nSPS) is 13.6. The number of Topliss-reactive ketones (excluding diaryl/α,β-unsaturated/α-hetero) is 1. The molecule has 36 heavy (non-hydrogen) atoms. The van der Waals surface area contributed by atoms with Gasteiger partial charge in [-0.1, -0.05) is 111 Å². The molecule has 0 aromatic heterocycles. The molecule has 0 heterocycles. The summed E-state index contributed by atoms with van der Waals surface area (Å²) in [7, 11) is 0. The van der Waals surface area contributed by atoms with Crippen molar-refractivity contribution < 1.29 is 4.79 Å². The highest BCUT2D eigenvalue weighted by Crippen LogP contribution is 2.38. The maximum Gasteiger partial charge on any atom is 0.134 e. The molecule has 0 aliphatic heterocycles. The lowest BCUT2D eigenvalue weighted by Gasteiger charge is -2.33. The molecular formula is C32H53N3O. The minimum Gasteiger partial charge on any atom is -0.384 e. The summed E-state index contributed by atoms with van der Waals surface area (Å²) in [4.78, 5) is 12.7. The first-order valence-electron chi connectivity index (χ1n) is 13.4. The number of nitrogen functional groups attached to an aromatic ring is 1. The van der Waals surface area contributed by atoms with E-state index in [9.17, 15) is 4.79 Å². The predicted molar refractivity (Wildman–Crippen MR) is 156 cm³/mol. The smallest absolute Gasteiger partial charge is 0.134 e. The first-order chi connectivity index (χ1) is 16.4. The van der Waals surface area contributed by atoms with Crippen LogP contribution < -0.4 is 11.1 Å². The summed E-state index contributed by atoms with van der Waals surface area (Å²) in [5, 5.41) is 10.8. The number of nitrogens with two attached hydrogens (primary N) is 1. The molecule has 4 nitrogen and oxygen atoms in total. The molecule has 0 unspecified atom stereocenters. The summed E-state index contributed by atoms with van der Waals surface area (Å²) >= 11 is 0. The lowest BCUT2D eigenvalue weighted by molar-refractivity contribution is -0.121. The Morgan fingerprint density at radius 3 is 1.92 bits per heavy atom. The van der Waals surface area contributed by atoms with Gasteiger partial charge in [0.05, 0.1) is 0 Å². The topological polar surface area (TPSA) is 79.0 Å². The van der Waals surface area contributed by atoms with Crippen LogP contribution in [-0.2, 0) is 11.3 Å². The first-order valence-corrected chi connectivity index (χ1v) is 13.4. The summed E-state index contributed by atoms with van der Waals surface area (Å²) < 4.78 is 0. The van der Waals surface area contributed by atoms with Crippen molar-refractivity contribution in [1.82, 2.24) is 5.32 Å². The fourth-order valence-electron chi connectivity index (χ4n) is 5.52. The van der Waals surface area contributed by atoms with Gasteiger partial charge in [-0.25, -0.2) is 0 Å². The van der Waals surface area contributed by atoms with Crippen LogP contribution in [0.3, 0.4) is 0 Å². The molecule has 0 amide bonds. The van der Waals surface area contributed by atoms with Gasteiger partial charge in [0, 0.05) is 31.5 Å². The predicted octanol–water partition coefficient (Wildman–Crippen LogP) is 7.82. The Morgan fingerprint density at radius 2 is 1.42 bits per heavy atom. The Balaban J connectivity index is 2.43. The van der Waals surface area contributed by atoms with Crippen molar-refractivity contribution in [3.8, 4) is 0 Å². The van der Waals surface area contributed by atoms with Gasteiger partial charge in [-0.15, -0.1) is 0 Å². The Morgan fingerprint density at radius 1 is 0.889 bits per heavy atom. The van der Waals surface area contributed by atoms with Crippen molar-refractivity contribution >= 4 is 11.6 Å². The van der Waals surface area contributed by atoms with Crippen molar-refractivity contribution in [2.45, 2.75) is 101 Å². The quantitative estimate of drug-likeness (QED) is 0.100. The second kappa shape index (κ2) is 13.4. The minimum absolute atomic E-state index is 0.0437. The number of amidine groups is 1. The van der Waals surface area contributed by atoms with Crippen LogP contribution in [-0.4, -0.2) is 18.2 Å². The zero-order chi connectivity index (χ0) is 27.6. The monoisotopic (exact) mass is 495 g/mol. The number of nitrogens with one attached hydrogen (secondary N) is 2. The highest BCUT2D eigenvalue weighted by Gasteiger charge is 2.29. The second-order valence-corrected chi connectivity index (χ2v) is 13.8. The van der Waals surface area contributed by atoms with Gasteiger partial charge in [-0.3, -0.25) is 10.2 Å². The van der Waals surface area contributed by atoms with Gasteiger partial charge in [0.25, 0.3) is 0 Å². The Bertz CT molecular complexity index is 896. The Kier molecular flexibility index (Phi) is 11.8. The van der Waals surface area contributed by atoms with Gasteiger partial charge < -0.3 is 11.1 Å². The van der Waals surface area contributed by atoms with E-state index in [-0.39, 0.29) is 22.1 Å². The molecule has 4 heteroatoms. The largest absolute Gasteiger partial charge is 0.384 e. The van der Waals surface area contributed by atoms with Gasteiger partial charge in [0.1, 0.15) is 11.6 Å². The van der Waals surface area contributed by atoms with Crippen molar-refractivity contribution in [2.24, 2.45) is 27.4 Å². The summed E-state index contributed by atoms with van der Waals surface area (Å²) in [6.45, 7) is 21.8. The molecular weight excluding hydrogens is 442 g/mol. The van der Waals surface area contributed by atoms with E-state index >= 15 is 0 Å². The highest BCUT2D eigenvalue weighted by atomic mass is 16.1. The second-order valence-electron chi connectivity index (χ2n) is 13.8. The number of ketones is 1. The molecule has 0 atom stereocenters. The number of hydrogen-bond acceptors (Lipinski definition) is 3. The maximum absolute atomic E-state index is 12.7. The molecule has 4 N–H and O–H groups in total. The average Bonchev–Trinajstić information content (AvgIpc) is 2.68. The van der Waals surface area contributed by atoms with E-state index in [1.165, 1.54) is 0 Å². The zero-order valence-corrected chi connectivity index (χ0v) is 24.6. The maximum atomic E-state index is 12.7. The van der Waals surface area contributed by atoms with Crippen LogP contribution in [0.2, 0.25) is 0 Å². The van der Waals surface area contributed by atoms with E-state index in [0.717, 1.165) is 30.4 Å². The van der Waals surface area contributed by atoms with Gasteiger partial charge in [0.2, 0.25) is 0 Å². The number of allylic oxidation sites excluding steroid dienone is 4. The molecule has 202 valence electrons. The molecule has 1 aromatic rings. The first kappa shape index (κ1) is 31.8. The van der Waals surface area contributed by atoms with Crippen LogP contribution >= 0.6 is 0 Å². The lowest BCUT2D eigenvalue weighted by atomic mass is 9.72. The van der Waals surface area contributed by atoms with Crippen molar-refractivity contribution in [3.05, 3.63) is 59.7 Å². The lowest BCUT2D eigenvalue weighted by Crippen LogP contribution is -2.26. The Labute approximate surface area is 221 Å². The SMILES string of the molecule is CC(C)(C)CC(C)(C)C=CCC=CC(C)(C)CC(C)(C)CC(=O)CCNCc1ccc(C(=N)N)cc1. The molecule has 0 fully saturated rings. The number of carbonyl (C=O) groups excluding carboxylic acids is 1. The van der Waals surface area contributed by atoms with Crippen LogP contribution in [0.5, 0.6) is 0 Å². The third kappa shape index (κ3) is 14.4. The zero-order valence-electron chi connectivity index (χ0n) is 24.6. The number of rotatable bonds is 15. The fourth-order valence-corrected chi connectivity index (χ4v) is 5.52. The van der Waals surface area contributed by atoms with Crippen LogP contribution in [0.25, 0.3) is 0 Å². The summed E-state index contributed by atoms with van der Waals surface area (Å²) in [5.74, 6) is 0.386. The Hall–Kier alpha value is -2.20. The van der Waals surface area contributed by atoms with Gasteiger partial charge in [0.15, 0.2) is 0 Å². The van der Waals surface area contributed by atoms with Gasteiger partial charge in [-0.05, 0) is 46.5 Å². The van der Waals surface area contributed by atoms with E-state index in [2.05, 4.69) is 91.9 Å². The summed E-state index contributed by atoms with van der Waals surface area (Å²) in [6, 6.07) is 7.64. The van der Waals surface area contributed by atoms with Crippen molar-refractivity contribution in [3.63, 3.8) is 0 Å². The standard InChI is InChI=1S/C32H53N3O/c1-29(2,3)23-30(4,5)18-11-10-12-19-31(6,7)24-32(8,9)21-27(36)17-20-35-22-25-13-15-26(16-14-25)28(33)34/h11-16,18-19,35H,10,17,20-24H2,1-9H3,(H3,33,34). The van der Waals surface area contributed by atoms with E-state index in [1.807, 2.05) is 24.3 Å². The van der Waals surface area contributed by atoms with E-state index in [4.69, 9.17) is 11.1 Å². The molecule has 0 spiro atoms. The third-order valence-electron chi connectivity index (χ3n) is 6.18. The van der Waals surface area contributed by atoms with E-state index < -0.39 is 0 Å². The molecule has 0 aliphatic carbocycles. The number of carbonyl (C=O) groups is 1. The van der Waals surface area contributed by atoms with Crippen LogP contribution in [0.15, 0.2) is 48.6 Å². The number of benzene rings is 1. The number of hydrogen-bond donors (Lipinski definition) is 3. The average molecular weight is 496 g/mol. The molecule has 0 bridgehead atoms. The van der Waals surface area contributed by atoms with Gasteiger partial charge in [-0.2, -0.15) is 0 Å². The fraction of sp³-hybridized carbons (Fsp3) is 0.625. The highest BCUT2D eigenvalue weighted by molar-refractivity contribution is 5.94. The minimum atomic E-state index is -0.0437. The van der Waals surface area contributed by atoms with Crippen LogP contribution in [0, 0.1) is 27.1 Å². The molecule has 1 aromatic carbocycles. The third-order valence-corrected chi connectivity index (χ3v) is 6.18. The molecule has 0 aliphatic rings. The van der Waals surface area contributed by atoms with Crippen molar-refractivity contribution in [1.29, 1.82) is 5.41 Å². The summed E-state index contributed by atoms with van der Waals surface area (Å²) in [6.07, 6.45) is 13.5. The van der Waals surface area contributed by atoms with Crippen LogP contribution in [0.1, 0.15) is 106 Å². The summed E-state index contributed by atoms with van der Waals surface area (Å²) in [5.41, 5.74) is 7.88. The van der Waals surface area contributed by atoms with E-state index in [1.54, 1.807) is 0 Å². The molecule has 0 radical (unpaired) electrons. The van der Waals surface area contributed by atoms with E-state index in [0.29, 0.717) is 37.1 Å². The van der Waals surface area contributed by atoms with Crippen molar-refractivity contribution in [2.75, 3.05) is 6.54 Å². The molecule has 0 saturated carbocycles. The molecule has 0 saturated heterocycles.